The van der Waals surface area contributed by atoms with Crippen molar-refractivity contribution in [1.29, 1.82) is 0 Å². The number of aryl methyl sites for hydroxylation is 1. The predicted molar refractivity (Wildman–Crippen MR) is 107 cm³/mol. The van der Waals surface area contributed by atoms with Crippen LogP contribution in [0.4, 0.5) is 10.6 Å². The third-order valence-corrected chi connectivity index (χ3v) is 4.66. The van der Waals surface area contributed by atoms with Crippen LogP contribution >= 0.6 is 0 Å². The number of amides is 2. The lowest BCUT2D eigenvalue weighted by molar-refractivity contribution is -0.117. The molecule has 1 aromatic carbocycles. The van der Waals surface area contributed by atoms with Gasteiger partial charge in [-0.2, -0.15) is 5.10 Å². The summed E-state index contributed by atoms with van der Waals surface area (Å²) in [5, 5.41) is 7.33. The summed E-state index contributed by atoms with van der Waals surface area (Å²) in [5.74, 6) is 0.337. The molecule has 0 saturated carbocycles. The van der Waals surface area contributed by atoms with Crippen molar-refractivity contribution in [3.05, 3.63) is 47.7 Å². The van der Waals surface area contributed by atoms with E-state index in [1.165, 1.54) is 16.0 Å². The van der Waals surface area contributed by atoms with Gasteiger partial charge >= 0.3 is 6.09 Å². The maximum absolute atomic E-state index is 12.5. The van der Waals surface area contributed by atoms with E-state index in [1.54, 1.807) is 40.1 Å². The van der Waals surface area contributed by atoms with E-state index in [1.807, 2.05) is 10.7 Å². The van der Waals surface area contributed by atoms with E-state index >= 15 is 0 Å². The van der Waals surface area contributed by atoms with Crippen molar-refractivity contribution >= 4 is 17.8 Å². The van der Waals surface area contributed by atoms with Crippen molar-refractivity contribution in [2.75, 3.05) is 18.9 Å². The van der Waals surface area contributed by atoms with Gasteiger partial charge in [-0.15, -0.1) is 0 Å². The predicted octanol–water partition coefficient (Wildman–Crippen LogP) is 3.61. The molecule has 0 radical (unpaired) electrons. The van der Waals surface area contributed by atoms with E-state index in [-0.39, 0.29) is 18.5 Å². The Bertz CT molecular complexity index is 853. The molecule has 0 saturated heterocycles. The standard InChI is InChI=1S/C21H28N4O3/c1-21(2,3)28-20(27)24(4)14-19(26)23-18-12-13-22-25(18)17-11-7-9-15-8-5-6-10-16(15)17/h5-6,8,10,12-13,17H,7,9,11,14H2,1-4H3,(H,23,26). The monoisotopic (exact) mass is 384 g/mol. The molecule has 1 N–H and O–H groups in total. The van der Waals surface area contributed by atoms with Gasteiger partial charge in [0.2, 0.25) is 5.91 Å². The van der Waals surface area contributed by atoms with Crippen molar-refractivity contribution in [3.63, 3.8) is 0 Å². The smallest absolute Gasteiger partial charge is 0.410 e. The highest BCUT2D eigenvalue weighted by molar-refractivity contribution is 5.93. The Morgan fingerprint density at radius 3 is 2.79 bits per heavy atom. The summed E-state index contributed by atoms with van der Waals surface area (Å²) in [6.45, 7) is 5.28. The molecule has 7 heteroatoms. The van der Waals surface area contributed by atoms with Gasteiger partial charge < -0.3 is 15.0 Å². The van der Waals surface area contributed by atoms with Crippen molar-refractivity contribution in [2.45, 2.75) is 51.7 Å². The summed E-state index contributed by atoms with van der Waals surface area (Å²) < 4.78 is 7.15. The molecule has 0 aliphatic heterocycles. The fourth-order valence-corrected chi connectivity index (χ4v) is 3.45. The van der Waals surface area contributed by atoms with Gasteiger partial charge in [0.05, 0.1) is 12.2 Å². The molecule has 0 bridgehead atoms. The molecule has 0 fully saturated rings. The van der Waals surface area contributed by atoms with Gasteiger partial charge in [-0.05, 0) is 51.2 Å². The highest BCUT2D eigenvalue weighted by atomic mass is 16.6. The maximum atomic E-state index is 12.5. The first-order chi connectivity index (χ1) is 13.2. The molecule has 2 aromatic rings. The first-order valence-electron chi connectivity index (χ1n) is 9.60. The number of likely N-dealkylation sites (N-methyl/N-ethyl adjacent to an activating group) is 1. The highest BCUT2D eigenvalue weighted by Crippen LogP contribution is 2.34. The second-order valence-corrected chi connectivity index (χ2v) is 8.15. The number of carbonyl (C=O) groups is 2. The van der Waals surface area contributed by atoms with Crippen molar-refractivity contribution in [2.24, 2.45) is 0 Å². The number of hydrogen-bond acceptors (Lipinski definition) is 4. The lowest BCUT2D eigenvalue weighted by Gasteiger charge is -2.27. The number of nitrogens with one attached hydrogen (secondary N) is 1. The Hall–Kier alpha value is -2.83. The van der Waals surface area contributed by atoms with Gasteiger partial charge in [0, 0.05) is 13.1 Å². The number of hydrogen-bond donors (Lipinski definition) is 1. The highest BCUT2D eigenvalue weighted by Gasteiger charge is 2.25. The zero-order valence-electron chi connectivity index (χ0n) is 16.9. The number of fused-ring (bicyclic) bond motifs is 1. The normalized spacial score (nSPS) is 16.2. The molecular formula is C21H28N4O3. The van der Waals surface area contributed by atoms with Gasteiger partial charge in [0.25, 0.3) is 0 Å². The largest absolute Gasteiger partial charge is 0.444 e. The molecular weight excluding hydrogens is 356 g/mol. The minimum Gasteiger partial charge on any atom is -0.444 e. The minimum atomic E-state index is -0.602. The Morgan fingerprint density at radius 1 is 1.29 bits per heavy atom. The first-order valence-corrected chi connectivity index (χ1v) is 9.60. The third kappa shape index (κ3) is 4.71. The van der Waals surface area contributed by atoms with Crippen LogP contribution in [-0.4, -0.2) is 45.9 Å². The lowest BCUT2D eigenvalue weighted by atomic mass is 9.88. The van der Waals surface area contributed by atoms with Crippen LogP contribution in [0.3, 0.4) is 0 Å². The lowest BCUT2D eigenvalue weighted by Crippen LogP contribution is -2.39. The van der Waals surface area contributed by atoms with E-state index < -0.39 is 11.7 Å². The van der Waals surface area contributed by atoms with Crippen LogP contribution in [0.1, 0.15) is 50.8 Å². The van der Waals surface area contributed by atoms with E-state index in [9.17, 15) is 9.59 Å². The van der Waals surface area contributed by atoms with Gasteiger partial charge in [-0.1, -0.05) is 24.3 Å². The fraction of sp³-hybridized carbons (Fsp3) is 0.476. The number of benzene rings is 1. The van der Waals surface area contributed by atoms with Crippen LogP contribution in [0.5, 0.6) is 0 Å². The second-order valence-electron chi connectivity index (χ2n) is 8.15. The SMILES string of the molecule is CN(CC(=O)Nc1ccnn1C1CCCc2ccccc21)C(=O)OC(C)(C)C. The molecule has 1 aliphatic rings. The molecule has 7 nitrogen and oxygen atoms in total. The van der Waals surface area contributed by atoms with E-state index in [0.717, 1.165) is 19.3 Å². The molecule has 0 spiro atoms. The molecule has 150 valence electrons. The number of ether oxygens (including phenoxy) is 1. The van der Waals surface area contributed by atoms with Crippen molar-refractivity contribution < 1.29 is 14.3 Å². The van der Waals surface area contributed by atoms with Crippen LogP contribution in [0.25, 0.3) is 0 Å². The second kappa shape index (κ2) is 8.04. The summed E-state index contributed by atoms with van der Waals surface area (Å²) >= 11 is 0. The molecule has 2 amide bonds. The first kappa shape index (κ1) is 19.9. The molecule has 1 aromatic heterocycles. The number of aromatic nitrogens is 2. The Kier molecular flexibility index (Phi) is 5.72. The van der Waals surface area contributed by atoms with E-state index in [0.29, 0.717) is 5.82 Å². The molecule has 3 rings (SSSR count). The third-order valence-electron chi connectivity index (χ3n) is 4.66. The maximum Gasteiger partial charge on any atom is 0.410 e. The molecule has 1 aliphatic carbocycles. The number of nitrogens with zero attached hydrogens (tertiary/aromatic N) is 3. The Labute approximate surface area is 165 Å². The van der Waals surface area contributed by atoms with Gasteiger partial charge in [-0.3, -0.25) is 4.79 Å². The molecule has 28 heavy (non-hydrogen) atoms. The summed E-state index contributed by atoms with van der Waals surface area (Å²) in [6, 6.07) is 10.2. The summed E-state index contributed by atoms with van der Waals surface area (Å²) in [6.07, 6.45) is 4.27. The van der Waals surface area contributed by atoms with Gasteiger partial charge in [-0.25, -0.2) is 9.48 Å². The van der Waals surface area contributed by atoms with E-state index in [2.05, 4.69) is 28.6 Å². The van der Waals surface area contributed by atoms with Gasteiger partial charge in [0.1, 0.15) is 18.0 Å². The van der Waals surface area contributed by atoms with Gasteiger partial charge in [0.15, 0.2) is 0 Å². The van der Waals surface area contributed by atoms with Crippen molar-refractivity contribution in [3.8, 4) is 0 Å². The van der Waals surface area contributed by atoms with E-state index in [4.69, 9.17) is 4.74 Å². The summed E-state index contributed by atoms with van der Waals surface area (Å²) in [7, 11) is 1.54. The summed E-state index contributed by atoms with van der Waals surface area (Å²) in [5.41, 5.74) is 1.98. The number of carbonyl (C=O) groups excluding carboxylic acids is 2. The zero-order valence-corrected chi connectivity index (χ0v) is 16.9. The van der Waals surface area contributed by atoms with Crippen molar-refractivity contribution in [1.82, 2.24) is 14.7 Å². The average molecular weight is 384 g/mol. The average Bonchev–Trinajstić information content (AvgIpc) is 3.07. The Balaban J connectivity index is 1.68. The Morgan fingerprint density at radius 2 is 2.04 bits per heavy atom. The van der Waals surface area contributed by atoms with Crippen LogP contribution < -0.4 is 5.32 Å². The minimum absolute atomic E-state index is 0.0959. The fourth-order valence-electron chi connectivity index (χ4n) is 3.45. The number of rotatable bonds is 4. The topological polar surface area (TPSA) is 76.5 Å². The molecule has 1 heterocycles. The summed E-state index contributed by atoms with van der Waals surface area (Å²) in [4.78, 5) is 25.8. The molecule has 1 atom stereocenters. The van der Waals surface area contributed by atoms with Crippen LogP contribution in [0.2, 0.25) is 0 Å². The number of anilines is 1. The van der Waals surface area contributed by atoms with Crippen LogP contribution in [0, 0.1) is 0 Å². The quantitative estimate of drug-likeness (QED) is 0.874. The van der Waals surface area contributed by atoms with Crippen LogP contribution in [0.15, 0.2) is 36.5 Å². The zero-order chi connectivity index (χ0) is 20.3. The molecule has 1 unspecified atom stereocenters. The van der Waals surface area contributed by atoms with Crippen LogP contribution in [-0.2, 0) is 16.0 Å².